The fourth-order valence-corrected chi connectivity index (χ4v) is 1.77. The molecule has 1 aromatic rings. The molecule has 1 fully saturated rings. The van der Waals surface area contributed by atoms with E-state index in [1.807, 2.05) is 25.1 Å². The van der Waals surface area contributed by atoms with Gasteiger partial charge in [0, 0.05) is 24.2 Å². The smallest absolute Gasteiger partial charge is 0.142 e. The van der Waals surface area contributed by atoms with Gasteiger partial charge in [-0.1, -0.05) is 13.0 Å². The number of rotatable bonds is 4. The minimum absolute atomic E-state index is 0.160. The molecule has 3 nitrogen and oxygen atoms in total. The number of aromatic nitrogens is 1. The zero-order chi connectivity index (χ0) is 10.7. The largest absolute Gasteiger partial charge is 0.316 e. The number of carbonyl (C=O) groups is 1. The Balaban J connectivity index is 1.91. The van der Waals surface area contributed by atoms with Crippen molar-refractivity contribution in [3.8, 4) is 0 Å². The predicted octanol–water partition coefficient (Wildman–Crippen LogP) is 1.05. The molecular formula is C12H16N2O. The summed E-state index contributed by atoms with van der Waals surface area (Å²) in [5.74, 6) is 0.995. The van der Waals surface area contributed by atoms with Gasteiger partial charge in [0.15, 0.2) is 0 Å². The molecule has 0 radical (unpaired) electrons. The summed E-state index contributed by atoms with van der Waals surface area (Å²) in [6, 6.07) is 5.70. The van der Waals surface area contributed by atoms with Gasteiger partial charge in [-0.2, -0.15) is 0 Å². The number of pyridine rings is 1. The molecule has 0 amide bonds. The maximum atomic E-state index is 11.9. The molecule has 2 rings (SSSR count). The van der Waals surface area contributed by atoms with Crippen molar-refractivity contribution < 1.29 is 4.79 Å². The van der Waals surface area contributed by atoms with Crippen LogP contribution >= 0.6 is 0 Å². The maximum Gasteiger partial charge on any atom is 0.142 e. The van der Waals surface area contributed by atoms with Gasteiger partial charge in [-0.25, -0.2) is 0 Å². The summed E-state index contributed by atoms with van der Waals surface area (Å²) < 4.78 is 0. The Morgan fingerprint density at radius 2 is 2.40 bits per heavy atom. The Kier molecular flexibility index (Phi) is 3.11. The molecule has 0 saturated carbocycles. The summed E-state index contributed by atoms with van der Waals surface area (Å²) >= 11 is 0. The summed E-state index contributed by atoms with van der Waals surface area (Å²) in [5, 5.41) is 3.19. The molecule has 1 aliphatic heterocycles. The molecule has 1 saturated heterocycles. The lowest BCUT2D eigenvalue weighted by Gasteiger charge is -2.31. The van der Waals surface area contributed by atoms with Gasteiger partial charge in [0.05, 0.1) is 0 Å². The molecule has 1 N–H and O–H groups in total. The van der Waals surface area contributed by atoms with E-state index in [-0.39, 0.29) is 5.92 Å². The molecule has 2 heterocycles. The Bertz CT molecular complexity index is 333. The van der Waals surface area contributed by atoms with Gasteiger partial charge in [-0.15, -0.1) is 0 Å². The van der Waals surface area contributed by atoms with E-state index < -0.39 is 0 Å². The summed E-state index contributed by atoms with van der Waals surface area (Å²) in [7, 11) is 0. The van der Waals surface area contributed by atoms with Crippen LogP contribution in [0.15, 0.2) is 24.4 Å². The van der Waals surface area contributed by atoms with Gasteiger partial charge in [0.25, 0.3) is 0 Å². The Morgan fingerprint density at radius 1 is 1.60 bits per heavy atom. The van der Waals surface area contributed by atoms with Crippen LogP contribution in [0, 0.1) is 11.8 Å². The van der Waals surface area contributed by atoms with Crippen molar-refractivity contribution in [1.29, 1.82) is 0 Å². The Labute approximate surface area is 89.9 Å². The molecule has 0 aliphatic carbocycles. The second kappa shape index (κ2) is 4.53. The molecule has 0 bridgehead atoms. The Morgan fingerprint density at radius 3 is 2.93 bits per heavy atom. The molecule has 1 aromatic heterocycles. The van der Waals surface area contributed by atoms with E-state index in [0.717, 1.165) is 18.8 Å². The van der Waals surface area contributed by atoms with Crippen LogP contribution in [-0.4, -0.2) is 23.9 Å². The van der Waals surface area contributed by atoms with Crippen LogP contribution in [0.1, 0.15) is 12.6 Å². The van der Waals surface area contributed by atoms with Gasteiger partial charge in [0.2, 0.25) is 0 Å². The van der Waals surface area contributed by atoms with Crippen LogP contribution in [0.5, 0.6) is 0 Å². The third kappa shape index (κ3) is 2.42. The Hall–Kier alpha value is -1.22. The topological polar surface area (TPSA) is 42.0 Å². The second-order valence-electron chi connectivity index (χ2n) is 4.17. The van der Waals surface area contributed by atoms with Gasteiger partial charge in [0.1, 0.15) is 5.78 Å². The first-order valence-electron chi connectivity index (χ1n) is 5.40. The molecule has 15 heavy (non-hydrogen) atoms. The molecule has 0 aromatic carbocycles. The lowest BCUT2D eigenvalue weighted by Crippen LogP contribution is -2.47. The van der Waals surface area contributed by atoms with Crippen molar-refractivity contribution in [2.24, 2.45) is 11.8 Å². The van der Waals surface area contributed by atoms with E-state index in [1.165, 1.54) is 0 Å². The maximum absolute atomic E-state index is 11.9. The number of Topliss-reactive ketones (excluding diaryl/α,β-unsaturated/α-hetero) is 1. The van der Waals surface area contributed by atoms with E-state index in [9.17, 15) is 4.79 Å². The van der Waals surface area contributed by atoms with Crippen LogP contribution in [0.2, 0.25) is 0 Å². The average Bonchev–Trinajstić information content (AvgIpc) is 2.16. The summed E-state index contributed by atoms with van der Waals surface area (Å²) in [4.78, 5) is 16.0. The van der Waals surface area contributed by atoms with Gasteiger partial charge in [-0.3, -0.25) is 9.78 Å². The standard InChI is InChI=1S/C12H16N2O/c1-9(10-7-13-8-10)12(15)6-11-4-2-3-5-14-11/h2-5,9-10,13H,6-8H2,1H3. The first-order chi connectivity index (χ1) is 7.27. The number of hydrogen-bond donors (Lipinski definition) is 1. The molecular weight excluding hydrogens is 188 g/mol. The molecule has 1 unspecified atom stereocenters. The normalized spacial score (nSPS) is 18.2. The van der Waals surface area contributed by atoms with E-state index in [2.05, 4.69) is 10.3 Å². The number of ketones is 1. The molecule has 3 heteroatoms. The predicted molar refractivity (Wildman–Crippen MR) is 58.5 cm³/mol. The number of nitrogens with one attached hydrogen (secondary N) is 1. The highest BCUT2D eigenvalue weighted by molar-refractivity contribution is 5.83. The van der Waals surface area contributed by atoms with E-state index >= 15 is 0 Å². The van der Waals surface area contributed by atoms with Crippen molar-refractivity contribution in [2.75, 3.05) is 13.1 Å². The van der Waals surface area contributed by atoms with Crippen molar-refractivity contribution >= 4 is 5.78 Å². The quantitative estimate of drug-likeness (QED) is 0.797. The molecule has 0 spiro atoms. The van der Waals surface area contributed by atoms with E-state index in [0.29, 0.717) is 18.1 Å². The first kappa shape index (κ1) is 10.3. The van der Waals surface area contributed by atoms with Gasteiger partial charge >= 0.3 is 0 Å². The summed E-state index contributed by atoms with van der Waals surface area (Å²) in [5.41, 5.74) is 0.877. The van der Waals surface area contributed by atoms with Crippen molar-refractivity contribution in [3.05, 3.63) is 30.1 Å². The third-order valence-corrected chi connectivity index (χ3v) is 3.11. The summed E-state index contributed by atoms with van der Waals surface area (Å²) in [6.07, 6.45) is 2.21. The molecule has 1 aliphatic rings. The lowest BCUT2D eigenvalue weighted by atomic mass is 9.84. The van der Waals surface area contributed by atoms with E-state index in [4.69, 9.17) is 0 Å². The monoisotopic (exact) mass is 204 g/mol. The third-order valence-electron chi connectivity index (χ3n) is 3.11. The minimum atomic E-state index is 0.160. The van der Waals surface area contributed by atoms with Crippen LogP contribution in [-0.2, 0) is 11.2 Å². The fraction of sp³-hybridized carbons (Fsp3) is 0.500. The average molecular weight is 204 g/mol. The summed E-state index contributed by atoms with van der Waals surface area (Å²) in [6.45, 7) is 3.99. The molecule has 1 atom stereocenters. The van der Waals surface area contributed by atoms with Gasteiger partial charge < -0.3 is 5.32 Å². The SMILES string of the molecule is CC(C(=O)Cc1ccccn1)C1CNC1. The molecule has 80 valence electrons. The van der Waals surface area contributed by atoms with Crippen LogP contribution in [0.4, 0.5) is 0 Å². The zero-order valence-electron chi connectivity index (χ0n) is 8.94. The lowest BCUT2D eigenvalue weighted by molar-refractivity contribution is -0.123. The van der Waals surface area contributed by atoms with Crippen LogP contribution in [0.3, 0.4) is 0 Å². The highest BCUT2D eigenvalue weighted by atomic mass is 16.1. The second-order valence-corrected chi connectivity index (χ2v) is 4.17. The van der Waals surface area contributed by atoms with E-state index in [1.54, 1.807) is 6.20 Å². The number of hydrogen-bond acceptors (Lipinski definition) is 3. The zero-order valence-corrected chi connectivity index (χ0v) is 8.94. The number of carbonyl (C=O) groups excluding carboxylic acids is 1. The van der Waals surface area contributed by atoms with Crippen molar-refractivity contribution in [2.45, 2.75) is 13.3 Å². The van der Waals surface area contributed by atoms with Crippen LogP contribution < -0.4 is 5.32 Å². The number of nitrogens with zero attached hydrogens (tertiary/aromatic N) is 1. The minimum Gasteiger partial charge on any atom is -0.316 e. The first-order valence-corrected chi connectivity index (χ1v) is 5.40. The van der Waals surface area contributed by atoms with Crippen LogP contribution in [0.25, 0.3) is 0 Å². The van der Waals surface area contributed by atoms with Crippen molar-refractivity contribution in [1.82, 2.24) is 10.3 Å². The fourth-order valence-electron chi connectivity index (χ4n) is 1.77. The highest BCUT2D eigenvalue weighted by Gasteiger charge is 2.28. The highest BCUT2D eigenvalue weighted by Crippen LogP contribution is 2.18. The van der Waals surface area contributed by atoms with Gasteiger partial charge in [-0.05, 0) is 31.1 Å². The van der Waals surface area contributed by atoms with Crippen molar-refractivity contribution in [3.63, 3.8) is 0 Å².